The van der Waals surface area contributed by atoms with Crippen molar-refractivity contribution < 1.29 is 9.53 Å². The topological polar surface area (TPSA) is 67.2 Å². The molecule has 7 nitrogen and oxygen atoms in total. The predicted octanol–water partition coefficient (Wildman–Crippen LogP) is 3.84. The second kappa shape index (κ2) is 9.56. The summed E-state index contributed by atoms with van der Waals surface area (Å²) in [5, 5.41) is 0. The molecule has 0 bridgehead atoms. The number of aromatic nitrogens is 2. The molecule has 3 aliphatic rings. The zero-order valence-electron chi connectivity index (χ0n) is 18.7. The van der Waals surface area contributed by atoms with Crippen LogP contribution in [0, 0.1) is 0 Å². The number of carbonyl (C=O) groups is 1. The van der Waals surface area contributed by atoms with Gasteiger partial charge in [-0.05, 0) is 43.9 Å². The minimum absolute atomic E-state index is 0.0211. The highest BCUT2D eigenvalue weighted by atomic mass is 32.2. The summed E-state index contributed by atoms with van der Waals surface area (Å²) in [5.74, 6) is 0.465. The lowest BCUT2D eigenvalue weighted by Gasteiger charge is -2.33. The maximum atomic E-state index is 13.5. The number of carbonyl (C=O) groups excluding carboxylic acids is 1. The summed E-state index contributed by atoms with van der Waals surface area (Å²) in [5.41, 5.74) is 0.857. The third-order valence-corrected chi connectivity index (χ3v) is 8.14. The van der Waals surface area contributed by atoms with Gasteiger partial charge < -0.3 is 9.64 Å². The first-order valence-corrected chi connectivity index (χ1v) is 12.9. The number of ether oxygens (including phenoxy) is 1. The summed E-state index contributed by atoms with van der Waals surface area (Å²) in [7, 11) is 2.01. The Labute approximate surface area is 202 Å². The molecule has 1 atom stereocenters. The quantitative estimate of drug-likeness (QED) is 0.472. The molecule has 1 unspecified atom stereocenters. The van der Waals surface area contributed by atoms with Gasteiger partial charge in [-0.15, -0.1) is 0 Å². The van der Waals surface area contributed by atoms with Crippen LogP contribution in [0.2, 0.25) is 0 Å². The van der Waals surface area contributed by atoms with Crippen LogP contribution in [-0.4, -0.2) is 56.9 Å². The molecule has 9 heteroatoms. The minimum atomic E-state index is -0.178. The fourth-order valence-electron chi connectivity index (χ4n) is 4.91. The van der Waals surface area contributed by atoms with Gasteiger partial charge in [0.2, 0.25) is 0 Å². The lowest BCUT2D eigenvalue weighted by Crippen LogP contribution is -2.36. The number of hydrogen-bond donors (Lipinski definition) is 0. The molecule has 2 aromatic heterocycles. The predicted molar refractivity (Wildman–Crippen MR) is 136 cm³/mol. The van der Waals surface area contributed by atoms with E-state index in [-0.39, 0.29) is 17.6 Å². The molecule has 1 amide bonds. The molecule has 1 saturated carbocycles. The normalized spacial score (nSPS) is 23.2. The van der Waals surface area contributed by atoms with Crippen molar-refractivity contribution >= 4 is 51.7 Å². The standard InChI is InChI=1S/C24H28N4O3S2/c1-26(16-8-3-2-4-9-16)21-18(22(29)27-12-6-5-11-20(27)25-21)14-19-23(30)28(24(32)33-19)15-17-10-7-13-31-17/h5-6,11-12,14,16-17H,2-4,7-10,13,15H2,1H3/b19-14+. The largest absolute Gasteiger partial charge is 0.376 e. The molecule has 0 radical (unpaired) electrons. The van der Waals surface area contributed by atoms with Crippen LogP contribution in [0.3, 0.4) is 0 Å². The highest BCUT2D eigenvalue weighted by Crippen LogP contribution is 2.35. The number of anilines is 1. The fourth-order valence-corrected chi connectivity index (χ4v) is 6.16. The van der Waals surface area contributed by atoms with E-state index in [2.05, 4.69) is 4.90 Å². The molecule has 5 rings (SSSR count). The van der Waals surface area contributed by atoms with Gasteiger partial charge in [0.05, 0.1) is 23.1 Å². The number of rotatable bonds is 5. The van der Waals surface area contributed by atoms with E-state index in [1.54, 1.807) is 17.2 Å². The first-order valence-electron chi connectivity index (χ1n) is 11.6. The smallest absolute Gasteiger partial charge is 0.267 e. The zero-order valence-corrected chi connectivity index (χ0v) is 20.4. The summed E-state index contributed by atoms with van der Waals surface area (Å²) in [6, 6.07) is 5.86. The third-order valence-electron chi connectivity index (χ3n) is 6.76. The number of thiocarbonyl (C=S) groups is 1. The maximum Gasteiger partial charge on any atom is 0.267 e. The van der Waals surface area contributed by atoms with Gasteiger partial charge in [0.25, 0.3) is 11.5 Å². The first-order chi connectivity index (χ1) is 16.0. The number of nitrogens with zero attached hydrogens (tertiary/aromatic N) is 4. The molecule has 33 heavy (non-hydrogen) atoms. The van der Waals surface area contributed by atoms with Gasteiger partial charge in [-0.25, -0.2) is 4.98 Å². The Bertz CT molecular complexity index is 1170. The van der Waals surface area contributed by atoms with Crippen LogP contribution in [0.15, 0.2) is 34.1 Å². The fraction of sp³-hybridized carbons (Fsp3) is 0.500. The summed E-state index contributed by atoms with van der Waals surface area (Å²) < 4.78 is 7.75. The van der Waals surface area contributed by atoms with Gasteiger partial charge in [0.1, 0.15) is 15.8 Å². The lowest BCUT2D eigenvalue weighted by atomic mass is 9.94. The molecule has 3 fully saturated rings. The van der Waals surface area contributed by atoms with Gasteiger partial charge in [-0.1, -0.05) is 49.3 Å². The van der Waals surface area contributed by atoms with Gasteiger partial charge in [0.15, 0.2) is 0 Å². The molecule has 2 aromatic rings. The van der Waals surface area contributed by atoms with E-state index in [1.807, 2.05) is 25.2 Å². The van der Waals surface area contributed by atoms with E-state index in [0.29, 0.717) is 38.8 Å². The van der Waals surface area contributed by atoms with Crippen molar-refractivity contribution in [3.63, 3.8) is 0 Å². The van der Waals surface area contributed by atoms with E-state index < -0.39 is 0 Å². The molecule has 1 aliphatic carbocycles. The number of thioether (sulfide) groups is 1. The molecule has 2 saturated heterocycles. The maximum absolute atomic E-state index is 13.5. The average Bonchev–Trinajstić information content (AvgIpc) is 3.45. The molecule has 0 aromatic carbocycles. The van der Waals surface area contributed by atoms with E-state index in [4.69, 9.17) is 21.9 Å². The van der Waals surface area contributed by atoms with Crippen LogP contribution in [0.5, 0.6) is 0 Å². The molecule has 174 valence electrons. The second-order valence-electron chi connectivity index (χ2n) is 8.91. The van der Waals surface area contributed by atoms with Crippen molar-refractivity contribution in [1.82, 2.24) is 14.3 Å². The van der Waals surface area contributed by atoms with Crippen molar-refractivity contribution in [2.24, 2.45) is 0 Å². The summed E-state index contributed by atoms with van der Waals surface area (Å²) in [6.07, 6.45) is 11.1. The Hall–Kier alpha value is -2.23. The van der Waals surface area contributed by atoms with Crippen LogP contribution >= 0.6 is 24.0 Å². The molecule has 0 N–H and O–H groups in total. The Morgan fingerprint density at radius 2 is 2.03 bits per heavy atom. The van der Waals surface area contributed by atoms with E-state index in [0.717, 1.165) is 32.3 Å². The number of amides is 1. The van der Waals surface area contributed by atoms with Crippen LogP contribution in [0.25, 0.3) is 11.7 Å². The van der Waals surface area contributed by atoms with E-state index in [9.17, 15) is 9.59 Å². The van der Waals surface area contributed by atoms with Crippen molar-refractivity contribution in [1.29, 1.82) is 0 Å². The van der Waals surface area contributed by atoms with Gasteiger partial charge in [-0.2, -0.15) is 0 Å². The van der Waals surface area contributed by atoms with Crippen LogP contribution in [-0.2, 0) is 9.53 Å². The number of hydrogen-bond acceptors (Lipinski definition) is 7. The summed E-state index contributed by atoms with van der Waals surface area (Å²) >= 11 is 6.75. The Morgan fingerprint density at radius 1 is 1.21 bits per heavy atom. The molecule has 4 heterocycles. The van der Waals surface area contributed by atoms with Gasteiger partial charge in [0, 0.05) is 25.9 Å². The molecular weight excluding hydrogens is 456 g/mol. The highest BCUT2D eigenvalue weighted by molar-refractivity contribution is 8.26. The van der Waals surface area contributed by atoms with E-state index in [1.165, 1.54) is 35.4 Å². The van der Waals surface area contributed by atoms with Crippen LogP contribution in [0.4, 0.5) is 5.82 Å². The Morgan fingerprint density at radius 3 is 2.79 bits per heavy atom. The van der Waals surface area contributed by atoms with Crippen molar-refractivity contribution in [2.75, 3.05) is 25.1 Å². The molecule has 2 aliphatic heterocycles. The minimum Gasteiger partial charge on any atom is -0.376 e. The summed E-state index contributed by atoms with van der Waals surface area (Å²) in [4.78, 5) is 35.8. The zero-order chi connectivity index (χ0) is 22.9. The molecule has 0 spiro atoms. The second-order valence-corrected chi connectivity index (χ2v) is 10.6. The van der Waals surface area contributed by atoms with Gasteiger partial charge >= 0.3 is 0 Å². The first kappa shape index (κ1) is 22.6. The van der Waals surface area contributed by atoms with Crippen molar-refractivity contribution in [3.05, 3.63) is 45.2 Å². The number of pyridine rings is 1. The lowest BCUT2D eigenvalue weighted by molar-refractivity contribution is -0.123. The van der Waals surface area contributed by atoms with Crippen molar-refractivity contribution in [3.8, 4) is 0 Å². The average molecular weight is 485 g/mol. The van der Waals surface area contributed by atoms with Crippen LogP contribution < -0.4 is 10.5 Å². The number of fused-ring (bicyclic) bond motifs is 1. The Kier molecular flexibility index (Phi) is 6.53. The monoisotopic (exact) mass is 484 g/mol. The van der Waals surface area contributed by atoms with Crippen molar-refractivity contribution in [2.45, 2.75) is 57.1 Å². The SMILES string of the molecule is CN(c1nc2ccccn2c(=O)c1/C=C1/SC(=S)N(CC2CCCO2)C1=O)C1CCCCC1. The highest BCUT2D eigenvalue weighted by Gasteiger charge is 2.35. The summed E-state index contributed by atoms with van der Waals surface area (Å²) in [6.45, 7) is 1.19. The third kappa shape index (κ3) is 4.46. The Balaban J connectivity index is 1.54. The van der Waals surface area contributed by atoms with Crippen LogP contribution in [0.1, 0.15) is 50.5 Å². The van der Waals surface area contributed by atoms with Gasteiger partial charge in [-0.3, -0.25) is 18.9 Å². The van der Waals surface area contributed by atoms with E-state index >= 15 is 0 Å². The molecular formula is C24H28N4O3S2.